The normalized spacial score (nSPS) is 33.9. The van der Waals surface area contributed by atoms with Crippen LogP contribution in [0.25, 0.3) is 0 Å². The predicted molar refractivity (Wildman–Crippen MR) is 140 cm³/mol. The zero-order valence-electron chi connectivity index (χ0n) is 22.2. The van der Waals surface area contributed by atoms with Gasteiger partial charge in [-0.05, 0) is 25.8 Å². The first-order valence-corrected chi connectivity index (χ1v) is 13.5. The number of carbonyl (C=O) groups is 4. The van der Waals surface area contributed by atoms with E-state index < -0.39 is 47.4 Å². The largest absolute Gasteiger partial charge is 0.463 e. The number of amides is 3. The molecule has 3 amide bonds. The third kappa shape index (κ3) is 4.76. The molecule has 5 rings (SSSR count). The van der Waals surface area contributed by atoms with E-state index in [9.17, 15) is 24.3 Å². The number of likely N-dealkylation sites (tertiary alicyclic amines) is 1. The van der Waals surface area contributed by atoms with Crippen molar-refractivity contribution in [3.63, 3.8) is 0 Å². The van der Waals surface area contributed by atoms with Crippen molar-refractivity contribution in [2.45, 2.75) is 56.5 Å². The molecule has 4 aliphatic heterocycles. The van der Waals surface area contributed by atoms with Gasteiger partial charge < -0.3 is 29.7 Å². The van der Waals surface area contributed by atoms with Gasteiger partial charge in [0.1, 0.15) is 18.2 Å². The number of esters is 1. The minimum Gasteiger partial charge on any atom is -0.463 e. The summed E-state index contributed by atoms with van der Waals surface area (Å²) in [4.78, 5) is 57.3. The molecule has 2 N–H and O–H groups in total. The van der Waals surface area contributed by atoms with Crippen LogP contribution in [0.5, 0.6) is 0 Å². The highest BCUT2D eigenvalue weighted by molar-refractivity contribution is 5.99. The number of hydrogen-bond acceptors (Lipinski definition) is 7. The fourth-order valence-electron chi connectivity index (χ4n) is 6.27. The van der Waals surface area contributed by atoms with Crippen molar-refractivity contribution >= 4 is 23.7 Å². The summed E-state index contributed by atoms with van der Waals surface area (Å²) in [5.41, 5.74) is -0.621. The summed E-state index contributed by atoms with van der Waals surface area (Å²) in [6, 6.07) is 7.42. The van der Waals surface area contributed by atoms with Crippen molar-refractivity contribution < 1.29 is 33.8 Å². The summed E-state index contributed by atoms with van der Waals surface area (Å²) < 4.78 is 12.1. The lowest BCUT2D eigenvalue weighted by molar-refractivity contribution is -0.149. The predicted octanol–water partition coefficient (Wildman–Crippen LogP) is 1.12. The van der Waals surface area contributed by atoms with Gasteiger partial charge in [-0.1, -0.05) is 54.6 Å². The molecule has 2 saturated heterocycles. The average Bonchev–Trinajstić information content (AvgIpc) is 3.29. The van der Waals surface area contributed by atoms with E-state index in [1.807, 2.05) is 50.3 Å². The van der Waals surface area contributed by atoms with E-state index in [2.05, 4.69) is 5.32 Å². The van der Waals surface area contributed by atoms with Gasteiger partial charge >= 0.3 is 5.97 Å². The van der Waals surface area contributed by atoms with E-state index >= 15 is 0 Å². The second-order valence-corrected chi connectivity index (χ2v) is 10.7. The molecule has 10 nitrogen and oxygen atoms in total. The molecule has 1 aromatic rings. The number of nitrogens with zero attached hydrogens (tertiary/aromatic N) is 2. The van der Waals surface area contributed by atoms with Gasteiger partial charge in [0.2, 0.25) is 17.7 Å². The van der Waals surface area contributed by atoms with E-state index in [1.165, 1.54) is 4.90 Å². The Bertz CT molecular complexity index is 1180. The fraction of sp³-hybridized carbons (Fsp3) is 0.517. The Labute approximate surface area is 227 Å². The number of aliphatic hydroxyl groups is 1. The molecule has 2 fully saturated rings. The lowest BCUT2D eigenvalue weighted by atomic mass is 9.77. The first-order valence-electron chi connectivity index (χ1n) is 13.5. The number of fused-ring (bicyclic) bond motifs is 2. The van der Waals surface area contributed by atoms with Gasteiger partial charge in [0.05, 0.1) is 30.6 Å². The van der Waals surface area contributed by atoms with Gasteiger partial charge in [-0.15, -0.1) is 0 Å². The molecule has 0 saturated carbocycles. The highest BCUT2D eigenvalue weighted by Gasteiger charge is 2.71. The topological polar surface area (TPSA) is 125 Å². The summed E-state index contributed by atoms with van der Waals surface area (Å²) in [7, 11) is 0. The van der Waals surface area contributed by atoms with Crippen molar-refractivity contribution in [1.82, 2.24) is 15.1 Å². The van der Waals surface area contributed by atoms with Gasteiger partial charge in [0, 0.05) is 25.6 Å². The van der Waals surface area contributed by atoms with Gasteiger partial charge in [-0.2, -0.15) is 0 Å². The molecule has 4 aliphatic rings. The lowest BCUT2D eigenvalue weighted by Crippen LogP contribution is -2.56. The quantitative estimate of drug-likeness (QED) is 0.436. The molecule has 4 heterocycles. The third-order valence-electron chi connectivity index (χ3n) is 8.06. The van der Waals surface area contributed by atoms with Crippen LogP contribution in [0.1, 0.15) is 38.3 Å². The number of benzene rings is 1. The zero-order chi connectivity index (χ0) is 27.7. The highest BCUT2D eigenvalue weighted by atomic mass is 16.5. The fourth-order valence-corrected chi connectivity index (χ4v) is 6.27. The van der Waals surface area contributed by atoms with Crippen molar-refractivity contribution in [2.75, 3.05) is 26.3 Å². The van der Waals surface area contributed by atoms with E-state index in [0.717, 1.165) is 5.56 Å². The standard InChI is InChI=1S/C29H35N3O7/c1-18(2)31-14-8-13-29-24(27(36)32(15-16-33)25(29)28(31)37)23-21(39-29)11-6-7-12-22(34)38-17-20(30-26(23)35)19-9-4-3-5-10-19/h3-6,8-11,13,18,20-21,23-25,33H,7,12,14-17H2,1-2H3,(H,30,35)/b11-6-/t20-,21+,23-,24-,25+,29-/m0/s1. The molecule has 0 aliphatic carbocycles. The molecule has 6 atom stereocenters. The number of rotatable bonds is 4. The van der Waals surface area contributed by atoms with Gasteiger partial charge in [0.25, 0.3) is 0 Å². The SMILES string of the molecule is CC(C)N1CC=C[C@]23O[C@@H]4/C=C\CCC(=O)OC[C@@H](c5ccccc5)NC(=O)[C@@H]4[C@H]2C(=O)N(CCO)[C@@H]3C1=O. The Morgan fingerprint density at radius 1 is 1.10 bits per heavy atom. The highest BCUT2D eigenvalue weighted by Crippen LogP contribution is 2.52. The second kappa shape index (κ2) is 10.9. The smallest absolute Gasteiger partial charge is 0.306 e. The van der Waals surface area contributed by atoms with E-state index in [1.54, 1.807) is 23.1 Å². The maximum absolute atomic E-state index is 14.0. The molecule has 1 spiro atoms. The van der Waals surface area contributed by atoms with Gasteiger partial charge in [-0.3, -0.25) is 19.2 Å². The van der Waals surface area contributed by atoms with Crippen molar-refractivity contribution in [3.8, 4) is 0 Å². The van der Waals surface area contributed by atoms with Crippen LogP contribution in [0.3, 0.4) is 0 Å². The molecule has 1 aromatic carbocycles. The van der Waals surface area contributed by atoms with Crippen molar-refractivity contribution in [2.24, 2.45) is 11.8 Å². The monoisotopic (exact) mass is 537 g/mol. The molecular weight excluding hydrogens is 502 g/mol. The van der Waals surface area contributed by atoms with Crippen LogP contribution in [0, 0.1) is 11.8 Å². The number of aliphatic hydroxyl groups excluding tert-OH is 1. The second-order valence-electron chi connectivity index (χ2n) is 10.7. The molecule has 0 aromatic heterocycles. The lowest BCUT2D eigenvalue weighted by Gasteiger charge is -2.36. The number of nitrogens with one attached hydrogen (secondary N) is 1. The molecule has 208 valence electrons. The Balaban J connectivity index is 1.58. The van der Waals surface area contributed by atoms with Crippen LogP contribution in [-0.2, 0) is 28.7 Å². The first-order chi connectivity index (χ1) is 18.8. The van der Waals surface area contributed by atoms with Crippen molar-refractivity contribution in [3.05, 3.63) is 60.2 Å². The Kier molecular flexibility index (Phi) is 7.59. The molecule has 39 heavy (non-hydrogen) atoms. The first kappa shape index (κ1) is 27.1. The molecule has 0 bridgehead atoms. The van der Waals surface area contributed by atoms with E-state index in [0.29, 0.717) is 13.0 Å². The average molecular weight is 538 g/mol. The van der Waals surface area contributed by atoms with E-state index in [-0.39, 0.29) is 44.1 Å². The molecule has 0 unspecified atom stereocenters. The Morgan fingerprint density at radius 3 is 2.59 bits per heavy atom. The number of allylic oxidation sites excluding steroid dienone is 1. The number of ether oxygens (including phenoxy) is 2. The number of cyclic esters (lactones) is 1. The summed E-state index contributed by atoms with van der Waals surface area (Å²) in [6.07, 6.45) is 6.81. The molecule has 0 radical (unpaired) electrons. The summed E-state index contributed by atoms with van der Waals surface area (Å²) in [5.74, 6) is -3.40. The summed E-state index contributed by atoms with van der Waals surface area (Å²) >= 11 is 0. The molecular formula is C29H35N3O7. The van der Waals surface area contributed by atoms with Gasteiger partial charge in [0.15, 0.2) is 0 Å². The van der Waals surface area contributed by atoms with Crippen LogP contribution >= 0.6 is 0 Å². The van der Waals surface area contributed by atoms with Gasteiger partial charge in [-0.25, -0.2) is 0 Å². The Morgan fingerprint density at radius 2 is 1.87 bits per heavy atom. The molecule has 10 heteroatoms. The van der Waals surface area contributed by atoms with Crippen LogP contribution in [0.4, 0.5) is 0 Å². The zero-order valence-corrected chi connectivity index (χ0v) is 22.2. The minimum absolute atomic E-state index is 0.0476. The minimum atomic E-state index is -1.38. The number of hydrogen-bond donors (Lipinski definition) is 2. The Hall–Kier alpha value is -3.50. The van der Waals surface area contributed by atoms with Crippen molar-refractivity contribution in [1.29, 1.82) is 0 Å². The third-order valence-corrected chi connectivity index (χ3v) is 8.06. The van der Waals surface area contributed by atoms with Crippen LogP contribution < -0.4 is 5.32 Å². The summed E-state index contributed by atoms with van der Waals surface area (Å²) in [5, 5.41) is 12.8. The van der Waals surface area contributed by atoms with Crippen LogP contribution in [0.15, 0.2) is 54.6 Å². The maximum atomic E-state index is 14.0. The number of carbonyl (C=O) groups excluding carboxylic acids is 4. The maximum Gasteiger partial charge on any atom is 0.306 e. The number of β-amino-alcohol motifs (C(OH)–C–C–N with tert-alkyl or cyclic N) is 1. The van der Waals surface area contributed by atoms with Crippen LogP contribution in [-0.4, -0.2) is 88.7 Å². The summed E-state index contributed by atoms with van der Waals surface area (Å²) in [6.45, 7) is 3.72. The van der Waals surface area contributed by atoms with Crippen LogP contribution in [0.2, 0.25) is 0 Å². The van der Waals surface area contributed by atoms with E-state index in [4.69, 9.17) is 9.47 Å².